The molecule has 0 aromatic carbocycles. The third kappa shape index (κ3) is 1.40. The van der Waals surface area contributed by atoms with E-state index < -0.39 is 0 Å². The Labute approximate surface area is 76.4 Å². The second-order valence-corrected chi connectivity index (χ2v) is 3.09. The minimum absolute atomic E-state index is 0.606. The molecule has 4 nitrogen and oxygen atoms in total. The Balaban J connectivity index is 2.55. The van der Waals surface area contributed by atoms with E-state index in [9.17, 15) is 0 Å². The summed E-state index contributed by atoms with van der Waals surface area (Å²) in [7, 11) is 0. The van der Waals surface area contributed by atoms with Crippen molar-refractivity contribution in [3.05, 3.63) is 29.7 Å². The number of pyridine rings is 1. The maximum atomic E-state index is 5.46. The zero-order valence-corrected chi connectivity index (χ0v) is 7.57. The third-order valence-corrected chi connectivity index (χ3v) is 2.00. The van der Waals surface area contributed by atoms with Crippen LogP contribution in [0.1, 0.15) is 11.4 Å². The van der Waals surface area contributed by atoms with E-state index in [1.807, 2.05) is 29.7 Å². The van der Waals surface area contributed by atoms with Crippen LogP contribution >= 0.6 is 0 Å². The fourth-order valence-corrected chi connectivity index (χ4v) is 1.34. The first-order valence-corrected chi connectivity index (χ1v) is 4.31. The van der Waals surface area contributed by atoms with Gasteiger partial charge in [0, 0.05) is 12.6 Å². The minimum Gasteiger partial charge on any atom is -0.330 e. The molecule has 13 heavy (non-hydrogen) atoms. The lowest BCUT2D eigenvalue weighted by Gasteiger charge is -1.97. The summed E-state index contributed by atoms with van der Waals surface area (Å²) in [6.07, 6.45) is 2.75. The lowest BCUT2D eigenvalue weighted by atomic mass is 10.3. The number of hydrogen-bond acceptors (Lipinski definition) is 3. The van der Waals surface area contributed by atoms with E-state index in [1.165, 1.54) is 5.56 Å². The van der Waals surface area contributed by atoms with E-state index in [-0.39, 0.29) is 0 Å². The molecule has 0 fully saturated rings. The van der Waals surface area contributed by atoms with E-state index in [1.54, 1.807) is 0 Å². The van der Waals surface area contributed by atoms with Crippen LogP contribution in [-0.4, -0.2) is 21.1 Å². The Morgan fingerprint density at radius 1 is 1.46 bits per heavy atom. The van der Waals surface area contributed by atoms with E-state index in [0.29, 0.717) is 6.54 Å². The number of hydrogen-bond donors (Lipinski definition) is 1. The fourth-order valence-electron chi connectivity index (χ4n) is 1.34. The minimum atomic E-state index is 0.606. The summed E-state index contributed by atoms with van der Waals surface area (Å²) in [5.74, 6) is 0.928. The van der Waals surface area contributed by atoms with Crippen LogP contribution in [0.15, 0.2) is 18.3 Å². The standard InChI is InChI=1S/C9H12N4/c1-7-3-5-13-8(2-4-10)11-12-9(13)6-7/h3,5-6H,2,4,10H2,1H3. The molecule has 2 N–H and O–H groups in total. The van der Waals surface area contributed by atoms with Gasteiger partial charge in [-0.05, 0) is 31.2 Å². The number of nitrogens with zero attached hydrogens (tertiary/aromatic N) is 3. The Bertz CT molecular complexity index is 418. The molecular formula is C9H12N4. The van der Waals surface area contributed by atoms with E-state index >= 15 is 0 Å². The summed E-state index contributed by atoms with van der Waals surface area (Å²) in [5, 5.41) is 8.11. The maximum absolute atomic E-state index is 5.46. The molecule has 2 aromatic heterocycles. The van der Waals surface area contributed by atoms with Gasteiger partial charge >= 0.3 is 0 Å². The van der Waals surface area contributed by atoms with Crippen molar-refractivity contribution in [1.82, 2.24) is 14.6 Å². The summed E-state index contributed by atoms with van der Waals surface area (Å²) >= 11 is 0. The van der Waals surface area contributed by atoms with Crippen molar-refractivity contribution in [3.63, 3.8) is 0 Å². The summed E-state index contributed by atoms with van der Waals surface area (Å²) in [4.78, 5) is 0. The molecule has 0 atom stereocenters. The maximum Gasteiger partial charge on any atom is 0.161 e. The molecule has 0 spiro atoms. The number of rotatable bonds is 2. The Hall–Kier alpha value is -1.42. The van der Waals surface area contributed by atoms with Gasteiger partial charge in [0.2, 0.25) is 0 Å². The van der Waals surface area contributed by atoms with Crippen LogP contribution in [-0.2, 0) is 6.42 Å². The van der Waals surface area contributed by atoms with Crippen molar-refractivity contribution < 1.29 is 0 Å². The van der Waals surface area contributed by atoms with Crippen molar-refractivity contribution in [1.29, 1.82) is 0 Å². The molecule has 0 unspecified atom stereocenters. The van der Waals surface area contributed by atoms with Gasteiger partial charge in [-0.2, -0.15) is 0 Å². The van der Waals surface area contributed by atoms with Crippen LogP contribution in [0.2, 0.25) is 0 Å². The lowest BCUT2D eigenvalue weighted by Crippen LogP contribution is -2.06. The number of aryl methyl sites for hydroxylation is 1. The van der Waals surface area contributed by atoms with Gasteiger partial charge in [-0.15, -0.1) is 10.2 Å². The molecule has 0 aliphatic heterocycles. The first-order chi connectivity index (χ1) is 6.31. The average Bonchev–Trinajstić information content (AvgIpc) is 2.49. The van der Waals surface area contributed by atoms with Gasteiger partial charge in [0.25, 0.3) is 0 Å². The predicted molar refractivity (Wildman–Crippen MR) is 50.5 cm³/mol. The molecule has 0 saturated carbocycles. The van der Waals surface area contributed by atoms with Gasteiger partial charge < -0.3 is 5.73 Å². The molecule has 0 amide bonds. The smallest absolute Gasteiger partial charge is 0.161 e. The molecule has 2 rings (SSSR count). The molecule has 0 bridgehead atoms. The second-order valence-electron chi connectivity index (χ2n) is 3.09. The molecule has 2 heterocycles. The molecule has 0 radical (unpaired) electrons. The van der Waals surface area contributed by atoms with Gasteiger partial charge in [-0.3, -0.25) is 4.40 Å². The SMILES string of the molecule is Cc1ccn2c(CCN)nnc2c1. The van der Waals surface area contributed by atoms with E-state index in [0.717, 1.165) is 17.9 Å². The predicted octanol–water partition coefficient (Wildman–Crippen LogP) is 0.539. The Morgan fingerprint density at radius 3 is 3.08 bits per heavy atom. The first-order valence-electron chi connectivity index (χ1n) is 4.31. The summed E-state index contributed by atoms with van der Waals surface area (Å²) in [6.45, 7) is 2.64. The second kappa shape index (κ2) is 3.14. The molecule has 0 saturated heterocycles. The monoisotopic (exact) mass is 176 g/mol. The number of aromatic nitrogens is 3. The number of nitrogens with two attached hydrogens (primary N) is 1. The van der Waals surface area contributed by atoms with Gasteiger partial charge in [0.1, 0.15) is 5.82 Å². The topological polar surface area (TPSA) is 56.2 Å². The van der Waals surface area contributed by atoms with Crippen molar-refractivity contribution in [3.8, 4) is 0 Å². The van der Waals surface area contributed by atoms with Crippen LogP contribution in [0, 0.1) is 6.92 Å². The Morgan fingerprint density at radius 2 is 2.31 bits per heavy atom. The van der Waals surface area contributed by atoms with Gasteiger partial charge in [-0.1, -0.05) is 0 Å². The van der Waals surface area contributed by atoms with Gasteiger partial charge in [0.05, 0.1) is 0 Å². The fraction of sp³-hybridized carbons (Fsp3) is 0.333. The third-order valence-electron chi connectivity index (χ3n) is 2.00. The van der Waals surface area contributed by atoms with E-state index in [4.69, 9.17) is 5.73 Å². The molecule has 0 aliphatic rings. The molecule has 0 aliphatic carbocycles. The zero-order chi connectivity index (χ0) is 9.26. The average molecular weight is 176 g/mol. The van der Waals surface area contributed by atoms with Crippen molar-refractivity contribution in [2.45, 2.75) is 13.3 Å². The van der Waals surface area contributed by atoms with Crippen molar-refractivity contribution in [2.24, 2.45) is 5.73 Å². The quantitative estimate of drug-likeness (QED) is 0.726. The van der Waals surface area contributed by atoms with Crippen molar-refractivity contribution >= 4 is 5.65 Å². The van der Waals surface area contributed by atoms with Crippen LogP contribution in [0.25, 0.3) is 5.65 Å². The van der Waals surface area contributed by atoms with Crippen molar-refractivity contribution in [2.75, 3.05) is 6.54 Å². The zero-order valence-electron chi connectivity index (χ0n) is 7.57. The summed E-state index contributed by atoms with van der Waals surface area (Å²) in [6, 6.07) is 4.05. The summed E-state index contributed by atoms with van der Waals surface area (Å²) in [5.41, 5.74) is 7.55. The first kappa shape index (κ1) is 8.19. The highest BCUT2D eigenvalue weighted by Crippen LogP contribution is 2.06. The van der Waals surface area contributed by atoms with Gasteiger partial charge in [-0.25, -0.2) is 0 Å². The summed E-state index contributed by atoms with van der Waals surface area (Å²) < 4.78 is 1.97. The van der Waals surface area contributed by atoms with Crippen LogP contribution in [0.5, 0.6) is 0 Å². The van der Waals surface area contributed by atoms with Gasteiger partial charge in [0.15, 0.2) is 5.65 Å². The molecule has 4 heteroatoms. The number of fused-ring (bicyclic) bond motifs is 1. The van der Waals surface area contributed by atoms with Crippen LogP contribution in [0.4, 0.5) is 0 Å². The lowest BCUT2D eigenvalue weighted by molar-refractivity contribution is 0.848. The normalized spacial score (nSPS) is 10.9. The molecular weight excluding hydrogens is 164 g/mol. The molecule has 2 aromatic rings. The Kier molecular flexibility index (Phi) is 1.98. The van der Waals surface area contributed by atoms with E-state index in [2.05, 4.69) is 10.2 Å². The molecule has 68 valence electrons. The van der Waals surface area contributed by atoms with Crippen LogP contribution < -0.4 is 5.73 Å². The van der Waals surface area contributed by atoms with Crippen LogP contribution in [0.3, 0.4) is 0 Å². The highest BCUT2D eigenvalue weighted by molar-refractivity contribution is 5.40. The largest absolute Gasteiger partial charge is 0.330 e. The highest BCUT2D eigenvalue weighted by atomic mass is 15.2. The highest BCUT2D eigenvalue weighted by Gasteiger charge is 2.02.